The van der Waals surface area contributed by atoms with E-state index in [1.807, 2.05) is 12.1 Å². The molecule has 27 heavy (non-hydrogen) atoms. The first-order chi connectivity index (χ1) is 13.1. The van der Waals surface area contributed by atoms with Crippen molar-refractivity contribution >= 4 is 5.91 Å². The number of amides is 1. The zero-order valence-electron chi connectivity index (χ0n) is 15.3. The Hall–Kier alpha value is -2.41. The molecule has 1 saturated heterocycles. The molecule has 2 atom stereocenters. The molecule has 1 unspecified atom stereocenters. The van der Waals surface area contributed by atoms with E-state index in [1.54, 1.807) is 0 Å². The van der Waals surface area contributed by atoms with Crippen molar-refractivity contribution in [2.45, 2.75) is 49.7 Å². The van der Waals surface area contributed by atoms with Gasteiger partial charge in [0.25, 0.3) is 5.91 Å². The lowest BCUT2D eigenvalue weighted by Crippen LogP contribution is -2.66. The topological polar surface area (TPSA) is 97.9 Å². The number of ether oxygens (including phenoxy) is 1. The summed E-state index contributed by atoms with van der Waals surface area (Å²) in [5, 5.41) is 24.5. The molecular weight excluding hydrogens is 340 g/mol. The minimum atomic E-state index is -0.513. The van der Waals surface area contributed by atoms with Crippen molar-refractivity contribution in [3.63, 3.8) is 0 Å². The summed E-state index contributed by atoms with van der Waals surface area (Å²) in [4.78, 5) is 12.4. The summed E-state index contributed by atoms with van der Waals surface area (Å²) in [6, 6.07) is 11.8. The van der Waals surface area contributed by atoms with Crippen LogP contribution >= 0.6 is 0 Å². The maximum absolute atomic E-state index is 12.4. The minimum Gasteiger partial charge on any atom is -0.367 e. The van der Waals surface area contributed by atoms with Crippen LogP contribution in [0.15, 0.2) is 24.3 Å². The summed E-state index contributed by atoms with van der Waals surface area (Å²) in [6.07, 6.45) is 4.25. The van der Waals surface area contributed by atoms with Crippen LogP contribution in [0.25, 0.3) is 0 Å². The van der Waals surface area contributed by atoms with E-state index in [4.69, 9.17) is 10.00 Å². The van der Waals surface area contributed by atoms with E-state index in [0.29, 0.717) is 25.1 Å². The van der Waals surface area contributed by atoms with Gasteiger partial charge >= 0.3 is 0 Å². The second-order valence-corrected chi connectivity index (χ2v) is 8.31. The van der Waals surface area contributed by atoms with Crippen LogP contribution in [0.4, 0.5) is 0 Å². The molecule has 1 aromatic rings. The Labute approximate surface area is 159 Å². The Morgan fingerprint density at radius 1 is 1.30 bits per heavy atom. The van der Waals surface area contributed by atoms with Gasteiger partial charge in [0.2, 0.25) is 0 Å². The van der Waals surface area contributed by atoms with Crippen LogP contribution in [0.2, 0.25) is 0 Å². The first-order valence-electron chi connectivity index (χ1n) is 9.61. The molecule has 6 nitrogen and oxygen atoms in total. The van der Waals surface area contributed by atoms with Gasteiger partial charge in [0.05, 0.1) is 17.7 Å². The molecule has 0 radical (unpaired) electrons. The number of hydrogen-bond acceptors (Lipinski definition) is 5. The molecular formula is C21H24N4O2. The monoisotopic (exact) mass is 364 g/mol. The number of rotatable bonds is 5. The third kappa shape index (κ3) is 3.32. The highest BCUT2D eigenvalue weighted by molar-refractivity contribution is 5.81. The van der Waals surface area contributed by atoms with Gasteiger partial charge in [-0.25, -0.2) is 0 Å². The molecule has 2 bridgehead atoms. The SMILES string of the molecule is N#Cc1ccc(C23CC(CC(C#N)NC(=O)[C@@H]4CNCCCO4)(C2)C3)cc1. The summed E-state index contributed by atoms with van der Waals surface area (Å²) in [7, 11) is 0. The van der Waals surface area contributed by atoms with E-state index in [0.717, 1.165) is 32.2 Å². The van der Waals surface area contributed by atoms with Gasteiger partial charge in [0.1, 0.15) is 12.1 Å². The Morgan fingerprint density at radius 2 is 2.04 bits per heavy atom. The smallest absolute Gasteiger partial charge is 0.251 e. The van der Waals surface area contributed by atoms with Crippen LogP contribution in [-0.4, -0.2) is 37.7 Å². The predicted octanol–water partition coefficient (Wildman–Crippen LogP) is 1.76. The number of carbonyl (C=O) groups is 1. The lowest BCUT2D eigenvalue weighted by Gasteiger charge is -2.72. The molecule has 1 heterocycles. The molecule has 2 N–H and O–H groups in total. The highest BCUT2D eigenvalue weighted by Gasteiger charge is 2.68. The van der Waals surface area contributed by atoms with E-state index < -0.39 is 12.1 Å². The fourth-order valence-electron chi connectivity index (χ4n) is 5.13. The zero-order chi connectivity index (χ0) is 18.9. The van der Waals surface area contributed by atoms with Crippen LogP contribution < -0.4 is 10.6 Å². The Morgan fingerprint density at radius 3 is 2.70 bits per heavy atom. The Balaban J connectivity index is 1.31. The number of carbonyl (C=O) groups excluding carboxylic acids is 1. The van der Waals surface area contributed by atoms with Crippen molar-refractivity contribution in [2.75, 3.05) is 19.7 Å². The second-order valence-electron chi connectivity index (χ2n) is 8.31. The fourth-order valence-corrected chi connectivity index (χ4v) is 5.13. The summed E-state index contributed by atoms with van der Waals surface area (Å²) < 4.78 is 5.58. The van der Waals surface area contributed by atoms with E-state index in [-0.39, 0.29) is 16.7 Å². The normalized spacial score (nSPS) is 32.6. The molecule has 1 aliphatic heterocycles. The summed E-state index contributed by atoms with van der Waals surface area (Å²) in [6.45, 7) is 1.92. The molecule has 5 rings (SSSR count). The lowest BCUT2D eigenvalue weighted by molar-refractivity contribution is -0.151. The number of benzene rings is 1. The van der Waals surface area contributed by atoms with Gasteiger partial charge in [-0.05, 0) is 67.2 Å². The van der Waals surface area contributed by atoms with Gasteiger partial charge in [0.15, 0.2) is 0 Å². The van der Waals surface area contributed by atoms with E-state index in [2.05, 4.69) is 34.9 Å². The molecule has 4 aliphatic rings. The molecule has 0 spiro atoms. The van der Waals surface area contributed by atoms with E-state index in [9.17, 15) is 10.1 Å². The molecule has 3 saturated carbocycles. The zero-order valence-corrected chi connectivity index (χ0v) is 15.3. The van der Waals surface area contributed by atoms with Gasteiger partial charge < -0.3 is 15.4 Å². The number of hydrogen-bond donors (Lipinski definition) is 2. The number of nitriles is 2. The van der Waals surface area contributed by atoms with Crippen LogP contribution in [0.3, 0.4) is 0 Å². The highest BCUT2D eigenvalue weighted by atomic mass is 16.5. The van der Waals surface area contributed by atoms with Gasteiger partial charge in [-0.15, -0.1) is 0 Å². The number of nitrogens with zero attached hydrogens (tertiary/aromatic N) is 2. The van der Waals surface area contributed by atoms with Crippen molar-refractivity contribution in [3.8, 4) is 12.1 Å². The van der Waals surface area contributed by atoms with Crippen molar-refractivity contribution in [3.05, 3.63) is 35.4 Å². The van der Waals surface area contributed by atoms with E-state index >= 15 is 0 Å². The molecule has 4 fully saturated rings. The molecule has 3 aliphatic carbocycles. The second kappa shape index (κ2) is 6.96. The van der Waals surface area contributed by atoms with Crippen LogP contribution in [0.1, 0.15) is 43.2 Å². The largest absolute Gasteiger partial charge is 0.367 e. The van der Waals surface area contributed by atoms with Gasteiger partial charge in [-0.2, -0.15) is 10.5 Å². The van der Waals surface area contributed by atoms with Crippen molar-refractivity contribution in [2.24, 2.45) is 5.41 Å². The first kappa shape index (κ1) is 18.0. The standard InChI is InChI=1S/C21H24N4O2/c22-9-15-2-4-16(5-3-15)21-12-20(13-21,14-21)8-17(10-23)25-19(26)18-11-24-6-1-7-27-18/h2-5,17-18,24H,1,6-8,11-14H2,(H,25,26)/t17?,18-,20?,21?/m0/s1. The molecule has 0 aromatic heterocycles. The lowest BCUT2D eigenvalue weighted by atomic mass is 9.32. The maximum atomic E-state index is 12.4. The average Bonchev–Trinajstić information content (AvgIpc) is 2.92. The van der Waals surface area contributed by atoms with Crippen LogP contribution in [0, 0.1) is 28.1 Å². The van der Waals surface area contributed by atoms with Gasteiger partial charge in [-0.1, -0.05) is 12.1 Å². The summed E-state index contributed by atoms with van der Waals surface area (Å²) in [5.74, 6) is -0.190. The van der Waals surface area contributed by atoms with Crippen molar-refractivity contribution < 1.29 is 9.53 Å². The van der Waals surface area contributed by atoms with Crippen LogP contribution in [-0.2, 0) is 14.9 Å². The third-order valence-electron chi connectivity index (χ3n) is 6.32. The molecule has 1 amide bonds. The first-order valence-corrected chi connectivity index (χ1v) is 9.61. The Bertz CT molecular complexity index is 777. The third-order valence-corrected chi connectivity index (χ3v) is 6.32. The average molecular weight is 364 g/mol. The van der Waals surface area contributed by atoms with E-state index in [1.165, 1.54) is 5.56 Å². The number of nitrogens with one attached hydrogen (secondary N) is 2. The van der Waals surface area contributed by atoms with Crippen molar-refractivity contribution in [1.29, 1.82) is 10.5 Å². The van der Waals surface area contributed by atoms with Gasteiger partial charge in [0, 0.05) is 13.2 Å². The summed E-state index contributed by atoms with van der Waals surface area (Å²) in [5.41, 5.74) is 2.36. The predicted molar refractivity (Wildman–Crippen MR) is 98.5 cm³/mol. The van der Waals surface area contributed by atoms with Crippen molar-refractivity contribution in [1.82, 2.24) is 10.6 Å². The molecule has 6 heteroatoms. The van der Waals surface area contributed by atoms with Crippen LogP contribution in [0.5, 0.6) is 0 Å². The molecule has 1 aromatic carbocycles. The molecule has 140 valence electrons. The maximum Gasteiger partial charge on any atom is 0.251 e. The fraction of sp³-hybridized carbons (Fsp3) is 0.571. The highest BCUT2D eigenvalue weighted by Crippen LogP contribution is 2.75. The minimum absolute atomic E-state index is 0.171. The van der Waals surface area contributed by atoms with Gasteiger partial charge in [-0.3, -0.25) is 4.79 Å². The Kier molecular flexibility index (Phi) is 4.63. The summed E-state index contributed by atoms with van der Waals surface area (Å²) >= 11 is 0. The quantitative estimate of drug-likeness (QED) is 0.830.